The number of aliphatic hydroxyl groups excluding tert-OH is 1. The summed E-state index contributed by atoms with van der Waals surface area (Å²) < 4.78 is 0. The molecule has 1 N–H and O–H groups in total. The van der Waals surface area contributed by atoms with Crippen molar-refractivity contribution in [2.75, 3.05) is 13.2 Å². The Morgan fingerprint density at radius 3 is 2.50 bits per heavy atom. The van der Waals surface area contributed by atoms with E-state index in [2.05, 4.69) is 6.92 Å². The minimum Gasteiger partial charge on any atom is -0.394 e. The van der Waals surface area contributed by atoms with E-state index in [0.717, 1.165) is 13.0 Å². The number of aliphatic hydroxyl groups is 1. The fourth-order valence-electron chi connectivity index (χ4n) is 1.97. The number of likely N-dealkylation sites (tertiary alicyclic amines) is 1. The van der Waals surface area contributed by atoms with Crippen molar-refractivity contribution in [2.45, 2.75) is 40.2 Å². The third kappa shape index (κ3) is 2.08. The Kier molecular flexibility index (Phi) is 3.20. The molecule has 82 valence electrons. The van der Waals surface area contributed by atoms with E-state index in [-0.39, 0.29) is 24.0 Å². The lowest BCUT2D eigenvalue weighted by molar-refractivity contribution is -0.141. The van der Waals surface area contributed by atoms with Gasteiger partial charge in [-0.2, -0.15) is 0 Å². The third-order valence-electron chi connectivity index (χ3n) is 2.97. The first kappa shape index (κ1) is 11.5. The first-order valence-electron chi connectivity index (χ1n) is 5.30. The Labute approximate surface area is 86.1 Å². The maximum Gasteiger partial charge on any atom is 0.228 e. The second-order valence-electron chi connectivity index (χ2n) is 5.26. The summed E-state index contributed by atoms with van der Waals surface area (Å²) in [7, 11) is 0. The van der Waals surface area contributed by atoms with E-state index in [1.165, 1.54) is 0 Å². The van der Waals surface area contributed by atoms with E-state index in [9.17, 15) is 9.90 Å². The van der Waals surface area contributed by atoms with Crippen LogP contribution in [0.5, 0.6) is 0 Å². The number of rotatable bonds is 1. The van der Waals surface area contributed by atoms with Crippen molar-refractivity contribution >= 4 is 5.91 Å². The van der Waals surface area contributed by atoms with Gasteiger partial charge in [0.15, 0.2) is 0 Å². The van der Waals surface area contributed by atoms with Crippen LogP contribution in [0.3, 0.4) is 0 Å². The van der Waals surface area contributed by atoms with Gasteiger partial charge >= 0.3 is 0 Å². The summed E-state index contributed by atoms with van der Waals surface area (Å²) in [6, 6.07) is 0.0294. The molecule has 1 heterocycles. The van der Waals surface area contributed by atoms with E-state index < -0.39 is 0 Å². The summed E-state index contributed by atoms with van der Waals surface area (Å²) in [5.41, 5.74) is -0.336. The molecule has 0 spiro atoms. The van der Waals surface area contributed by atoms with Crippen molar-refractivity contribution in [3.8, 4) is 0 Å². The molecule has 1 rings (SSSR count). The highest BCUT2D eigenvalue weighted by Gasteiger charge is 2.38. The molecule has 0 aromatic heterocycles. The van der Waals surface area contributed by atoms with E-state index >= 15 is 0 Å². The second-order valence-corrected chi connectivity index (χ2v) is 5.26. The number of nitrogens with zero attached hydrogens (tertiary/aromatic N) is 1. The predicted octanol–water partition coefficient (Wildman–Crippen LogP) is 1.26. The molecule has 1 aliphatic rings. The van der Waals surface area contributed by atoms with E-state index in [1.54, 1.807) is 0 Å². The van der Waals surface area contributed by atoms with Crippen LogP contribution in [0.1, 0.15) is 34.1 Å². The van der Waals surface area contributed by atoms with Crippen molar-refractivity contribution in [1.29, 1.82) is 0 Å². The smallest absolute Gasteiger partial charge is 0.228 e. The van der Waals surface area contributed by atoms with E-state index in [4.69, 9.17) is 0 Å². The molecule has 3 heteroatoms. The Morgan fingerprint density at radius 2 is 2.07 bits per heavy atom. The van der Waals surface area contributed by atoms with Crippen LogP contribution in [0.15, 0.2) is 0 Å². The third-order valence-corrected chi connectivity index (χ3v) is 2.97. The van der Waals surface area contributed by atoms with Gasteiger partial charge in [0.05, 0.1) is 12.6 Å². The normalized spacial score (nSPS) is 28.2. The maximum absolute atomic E-state index is 12.0. The molecule has 0 saturated carbocycles. The van der Waals surface area contributed by atoms with Crippen LogP contribution in [0.2, 0.25) is 0 Å². The Bertz CT molecular complexity index is 220. The lowest BCUT2D eigenvalue weighted by Crippen LogP contribution is -2.45. The Morgan fingerprint density at radius 1 is 1.50 bits per heavy atom. The van der Waals surface area contributed by atoms with Crippen LogP contribution < -0.4 is 0 Å². The molecule has 1 fully saturated rings. The lowest BCUT2D eigenvalue weighted by atomic mass is 9.94. The number of carbonyl (C=O) groups is 1. The van der Waals surface area contributed by atoms with Crippen LogP contribution in [0.4, 0.5) is 0 Å². The van der Waals surface area contributed by atoms with Gasteiger partial charge in [-0.15, -0.1) is 0 Å². The Balaban J connectivity index is 2.74. The van der Waals surface area contributed by atoms with E-state index in [1.807, 2.05) is 25.7 Å². The number of carbonyl (C=O) groups excluding carboxylic acids is 1. The zero-order valence-electron chi connectivity index (χ0n) is 9.58. The molecule has 1 amide bonds. The fraction of sp³-hybridized carbons (Fsp3) is 0.909. The molecular weight excluding hydrogens is 178 g/mol. The van der Waals surface area contributed by atoms with Gasteiger partial charge in [0.2, 0.25) is 5.91 Å². The van der Waals surface area contributed by atoms with Gasteiger partial charge < -0.3 is 10.0 Å². The van der Waals surface area contributed by atoms with Crippen molar-refractivity contribution < 1.29 is 9.90 Å². The summed E-state index contributed by atoms with van der Waals surface area (Å²) in [4.78, 5) is 13.8. The SMILES string of the molecule is CC1CCN(C(=O)C(C)(C)C)C1CO. The van der Waals surface area contributed by atoms with Gasteiger partial charge in [-0.1, -0.05) is 27.7 Å². The molecular formula is C11H21NO2. The summed E-state index contributed by atoms with van der Waals surface area (Å²) in [6.45, 7) is 8.74. The van der Waals surface area contributed by atoms with Crippen molar-refractivity contribution in [3.05, 3.63) is 0 Å². The number of hydrogen-bond acceptors (Lipinski definition) is 2. The zero-order valence-corrected chi connectivity index (χ0v) is 9.58. The quantitative estimate of drug-likeness (QED) is 0.690. The molecule has 0 aliphatic carbocycles. The highest BCUT2D eigenvalue weighted by atomic mass is 16.3. The number of amides is 1. The molecule has 0 bridgehead atoms. The largest absolute Gasteiger partial charge is 0.394 e. The number of hydrogen-bond donors (Lipinski definition) is 1. The molecule has 3 nitrogen and oxygen atoms in total. The van der Waals surface area contributed by atoms with Crippen LogP contribution >= 0.6 is 0 Å². The van der Waals surface area contributed by atoms with Crippen LogP contribution in [-0.2, 0) is 4.79 Å². The van der Waals surface area contributed by atoms with Crippen molar-refractivity contribution in [1.82, 2.24) is 4.90 Å². The van der Waals surface area contributed by atoms with Gasteiger partial charge in [0, 0.05) is 12.0 Å². The maximum atomic E-state index is 12.0. The summed E-state index contributed by atoms with van der Waals surface area (Å²) in [6.07, 6.45) is 1.01. The zero-order chi connectivity index (χ0) is 10.9. The van der Waals surface area contributed by atoms with Crippen LogP contribution in [0, 0.1) is 11.3 Å². The van der Waals surface area contributed by atoms with Gasteiger partial charge in [0.1, 0.15) is 0 Å². The minimum atomic E-state index is -0.336. The predicted molar refractivity (Wildman–Crippen MR) is 55.8 cm³/mol. The molecule has 1 saturated heterocycles. The monoisotopic (exact) mass is 199 g/mol. The molecule has 0 radical (unpaired) electrons. The fourth-order valence-corrected chi connectivity index (χ4v) is 1.97. The highest BCUT2D eigenvalue weighted by molar-refractivity contribution is 5.82. The standard InChI is InChI=1S/C11H21NO2/c1-8-5-6-12(9(8)7-13)10(14)11(2,3)4/h8-9,13H,5-7H2,1-4H3. The van der Waals surface area contributed by atoms with Crippen LogP contribution in [0.25, 0.3) is 0 Å². The van der Waals surface area contributed by atoms with Crippen LogP contribution in [-0.4, -0.2) is 35.1 Å². The average Bonchev–Trinajstić information content (AvgIpc) is 2.43. The lowest BCUT2D eigenvalue weighted by Gasteiger charge is -2.31. The van der Waals surface area contributed by atoms with Gasteiger partial charge in [-0.05, 0) is 12.3 Å². The first-order chi connectivity index (χ1) is 6.38. The van der Waals surface area contributed by atoms with E-state index in [0.29, 0.717) is 5.92 Å². The molecule has 0 aromatic carbocycles. The van der Waals surface area contributed by atoms with Crippen molar-refractivity contribution in [2.24, 2.45) is 11.3 Å². The molecule has 2 unspecified atom stereocenters. The Hall–Kier alpha value is -0.570. The second kappa shape index (κ2) is 3.89. The summed E-state index contributed by atoms with van der Waals surface area (Å²) in [5, 5.41) is 9.23. The highest BCUT2D eigenvalue weighted by Crippen LogP contribution is 2.28. The van der Waals surface area contributed by atoms with Gasteiger partial charge in [-0.25, -0.2) is 0 Å². The molecule has 14 heavy (non-hydrogen) atoms. The first-order valence-corrected chi connectivity index (χ1v) is 5.30. The molecule has 2 atom stereocenters. The van der Waals surface area contributed by atoms with Gasteiger partial charge in [0.25, 0.3) is 0 Å². The summed E-state index contributed by atoms with van der Waals surface area (Å²) >= 11 is 0. The summed E-state index contributed by atoms with van der Waals surface area (Å²) in [5.74, 6) is 0.576. The molecule has 0 aromatic rings. The topological polar surface area (TPSA) is 40.5 Å². The molecule has 1 aliphatic heterocycles. The van der Waals surface area contributed by atoms with Gasteiger partial charge in [-0.3, -0.25) is 4.79 Å². The minimum absolute atomic E-state index is 0.0294. The average molecular weight is 199 g/mol. The van der Waals surface area contributed by atoms with Crippen molar-refractivity contribution in [3.63, 3.8) is 0 Å².